The molecule has 1 aliphatic heterocycles. The van der Waals surface area contributed by atoms with E-state index in [1.807, 2.05) is 6.92 Å². The molecule has 0 fully saturated rings. The number of hydrogen-bond donors (Lipinski definition) is 3. The van der Waals surface area contributed by atoms with Crippen molar-refractivity contribution in [2.45, 2.75) is 13.3 Å². The zero-order valence-corrected chi connectivity index (χ0v) is 13.8. The maximum absolute atomic E-state index is 14.1. The van der Waals surface area contributed by atoms with Crippen molar-refractivity contribution in [3.8, 4) is 16.9 Å². The molecule has 0 amide bonds. The Bertz CT molecular complexity index is 1270. The van der Waals surface area contributed by atoms with Gasteiger partial charge in [0.15, 0.2) is 5.75 Å². The Labute approximate surface area is 146 Å². The summed E-state index contributed by atoms with van der Waals surface area (Å²) in [6.45, 7) is 2.35. The van der Waals surface area contributed by atoms with Gasteiger partial charge in [0.25, 0.3) is 5.56 Å². The summed E-state index contributed by atoms with van der Waals surface area (Å²) in [5, 5.41) is 7.82. The number of aromatic amines is 2. The fourth-order valence-corrected chi connectivity index (χ4v) is 3.64. The third-order valence-electron chi connectivity index (χ3n) is 4.83. The maximum Gasteiger partial charge on any atom is 0.272 e. The molecule has 5 rings (SSSR count). The molecule has 4 N–H and O–H groups in total. The average molecular weight is 351 g/mol. The summed E-state index contributed by atoms with van der Waals surface area (Å²) in [4.78, 5) is 19.8. The van der Waals surface area contributed by atoms with Gasteiger partial charge in [0.05, 0.1) is 35.1 Å². The van der Waals surface area contributed by atoms with Gasteiger partial charge in [-0.05, 0) is 18.6 Å². The number of nitrogens with one attached hydrogen (secondary N) is 2. The lowest BCUT2D eigenvalue weighted by Gasteiger charge is -2.15. The number of aromatic nitrogens is 4. The fraction of sp³-hybridized carbons (Fsp3) is 0.167. The number of nitrogens with zero attached hydrogens (tertiary/aromatic N) is 2. The van der Waals surface area contributed by atoms with Crippen molar-refractivity contribution in [1.29, 1.82) is 0 Å². The molecule has 0 radical (unpaired) electrons. The molecule has 0 saturated heterocycles. The highest BCUT2D eigenvalue weighted by Crippen LogP contribution is 2.43. The summed E-state index contributed by atoms with van der Waals surface area (Å²) >= 11 is 0. The second-order valence-electron chi connectivity index (χ2n) is 6.32. The molecule has 0 atom stereocenters. The van der Waals surface area contributed by atoms with Gasteiger partial charge in [-0.1, -0.05) is 6.07 Å². The lowest BCUT2D eigenvalue weighted by Crippen LogP contribution is -2.15. The quantitative estimate of drug-likeness (QED) is 0.488. The molecule has 0 spiro atoms. The Balaban J connectivity index is 2.03. The summed E-state index contributed by atoms with van der Waals surface area (Å²) in [5.74, 6) is 0.192. The highest BCUT2D eigenvalue weighted by Gasteiger charge is 2.25. The van der Waals surface area contributed by atoms with Gasteiger partial charge in [-0.25, -0.2) is 4.39 Å². The summed E-state index contributed by atoms with van der Waals surface area (Å²) in [6.07, 6.45) is 2.21. The number of fused-ring (bicyclic) bond motifs is 4. The lowest BCUT2D eigenvalue weighted by molar-refractivity contribution is 0.360. The van der Waals surface area contributed by atoms with Crippen LogP contribution in [0.1, 0.15) is 11.4 Å². The second kappa shape index (κ2) is 5.04. The molecule has 4 heterocycles. The van der Waals surface area contributed by atoms with Gasteiger partial charge in [-0.2, -0.15) is 5.10 Å². The largest absolute Gasteiger partial charge is 0.491 e. The summed E-state index contributed by atoms with van der Waals surface area (Å²) in [6, 6.07) is 2.94. The van der Waals surface area contributed by atoms with Crippen LogP contribution in [0.4, 0.5) is 10.1 Å². The van der Waals surface area contributed by atoms with Gasteiger partial charge >= 0.3 is 0 Å². The van der Waals surface area contributed by atoms with E-state index in [-0.39, 0.29) is 11.2 Å². The molecule has 0 aliphatic carbocycles. The van der Waals surface area contributed by atoms with E-state index in [4.69, 9.17) is 10.5 Å². The van der Waals surface area contributed by atoms with Crippen LogP contribution in [0.25, 0.3) is 32.9 Å². The smallest absolute Gasteiger partial charge is 0.272 e. The number of ether oxygens (including phenoxy) is 1. The van der Waals surface area contributed by atoms with Gasteiger partial charge in [0.1, 0.15) is 17.0 Å². The van der Waals surface area contributed by atoms with Crippen LogP contribution in [0.15, 0.2) is 23.1 Å². The summed E-state index contributed by atoms with van der Waals surface area (Å²) in [7, 11) is 0. The van der Waals surface area contributed by atoms with Crippen LogP contribution >= 0.6 is 0 Å². The molecule has 0 unspecified atom stereocenters. The highest BCUT2D eigenvalue weighted by molar-refractivity contribution is 6.10. The first kappa shape index (κ1) is 14.9. The Hall–Kier alpha value is -3.42. The van der Waals surface area contributed by atoms with Crippen molar-refractivity contribution in [2.24, 2.45) is 0 Å². The van der Waals surface area contributed by atoms with Gasteiger partial charge in [-0.15, -0.1) is 0 Å². The van der Waals surface area contributed by atoms with Gasteiger partial charge in [0, 0.05) is 17.4 Å². The van der Waals surface area contributed by atoms with Crippen LogP contribution in [-0.4, -0.2) is 26.8 Å². The summed E-state index contributed by atoms with van der Waals surface area (Å²) in [5.41, 5.74) is 9.29. The maximum atomic E-state index is 14.1. The molecule has 1 aromatic carbocycles. The molecular formula is C18H14FN5O2. The average Bonchev–Trinajstić information content (AvgIpc) is 3.27. The predicted molar refractivity (Wildman–Crippen MR) is 95.8 cm³/mol. The molecule has 26 heavy (non-hydrogen) atoms. The van der Waals surface area contributed by atoms with Crippen LogP contribution in [0.5, 0.6) is 5.75 Å². The van der Waals surface area contributed by atoms with Gasteiger partial charge < -0.3 is 15.5 Å². The molecule has 3 aromatic heterocycles. The Morgan fingerprint density at radius 3 is 3.00 bits per heavy atom. The van der Waals surface area contributed by atoms with Crippen molar-refractivity contribution >= 4 is 27.5 Å². The van der Waals surface area contributed by atoms with Crippen LogP contribution in [0.3, 0.4) is 0 Å². The van der Waals surface area contributed by atoms with Gasteiger partial charge in [-0.3, -0.25) is 14.9 Å². The number of H-pyrrole nitrogens is 2. The molecule has 1 aliphatic rings. The van der Waals surface area contributed by atoms with E-state index in [1.54, 1.807) is 6.07 Å². The monoisotopic (exact) mass is 351 g/mol. The first-order valence-corrected chi connectivity index (χ1v) is 8.16. The molecular weight excluding hydrogens is 337 g/mol. The number of aryl methyl sites for hydroxylation is 1. The third-order valence-corrected chi connectivity index (χ3v) is 4.83. The Kier molecular flexibility index (Phi) is 2.89. The number of nitrogens with two attached hydrogens (primary N) is 1. The third kappa shape index (κ3) is 1.83. The number of benzene rings is 1. The lowest BCUT2D eigenvalue weighted by atomic mass is 9.95. The first-order chi connectivity index (χ1) is 12.6. The van der Waals surface area contributed by atoms with Crippen LogP contribution in [-0.2, 0) is 6.42 Å². The number of halogens is 1. The van der Waals surface area contributed by atoms with Crippen molar-refractivity contribution in [1.82, 2.24) is 20.2 Å². The fourth-order valence-electron chi connectivity index (χ4n) is 3.64. The molecule has 4 aromatic rings. The normalized spacial score (nSPS) is 13.3. The Morgan fingerprint density at radius 1 is 1.31 bits per heavy atom. The number of pyridine rings is 2. The topological polar surface area (TPSA) is 110 Å². The van der Waals surface area contributed by atoms with Crippen molar-refractivity contribution in [3.63, 3.8) is 0 Å². The second-order valence-corrected chi connectivity index (χ2v) is 6.32. The van der Waals surface area contributed by atoms with E-state index in [1.165, 1.54) is 12.3 Å². The predicted octanol–water partition coefficient (Wildman–Crippen LogP) is 2.43. The zero-order chi connectivity index (χ0) is 18.0. The summed E-state index contributed by atoms with van der Waals surface area (Å²) < 4.78 is 19.9. The zero-order valence-electron chi connectivity index (χ0n) is 13.8. The minimum atomic E-state index is -0.423. The van der Waals surface area contributed by atoms with Crippen LogP contribution in [0, 0.1) is 12.7 Å². The SMILES string of the molecule is Cc1nc2c(c3c(-c4ccc(F)c5[nH]ncc45)c(N)c(=O)[nH]c13)OCC2. The molecule has 0 saturated carbocycles. The minimum absolute atomic E-state index is 0.0508. The van der Waals surface area contributed by atoms with Crippen molar-refractivity contribution in [2.75, 3.05) is 12.3 Å². The van der Waals surface area contributed by atoms with Crippen molar-refractivity contribution in [3.05, 3.63) is 45.9 Å². The van der Waals surface area contributed by atoms with E-state index in [2.05, 4.69) is 20.2 Å². The van der Waals surface area contributed by atoms with E-state index in [9.17, 15) is 9.18 Å². The van der Waals surface area contributed by atoms with Gasteiger partial charge in [0.2, 0.25) is 0 Å². The van der Waals surface area contributed by atoms with E-state index < -0.39 is 11.4 Å². The van der Waals surface area contributed by atoms with E-state index in [0.717, 1.165) is 5.69 Å². The molecule has 8 heteroatoms. The number of anilines is 1. The van der Waals surface area contributed by atoms with Crippen LogP contribution in [0.2, 0.25) is 0 Å². The molecule has 7 nitrogen and oxygen atoms in total. The molecule has 0 bridgehead atoms. The number of hydrogen-bond acceptors (Lipinski definition) is 5. The molecule has 130 valence electrons. The first-order valence-electron chi connectivity index (χ1n) is 8.16. The minimum Gasteiger partial charge on any atom is -0.491 e. The van der Waals surface area contributed by atoms with E-state index >= 15 is 0 Å². The highest BCUT2D eigenvalue weighted by atomic mass is 19.1. The van der Waals surface area contributed by atoms with E-state index in [0.29, 0.717) is 51.9 Å². The number of rotatable bonds is 1. The standard InChI is InChI=1S/C18H14FN5O2/c1-7-15-13(17-11(22-7)4-5-26-17)12(14(20)18(25)23-15)8-2-3-10(19)16-9(8)6-21-24-16/h2-3,6H,4-5,20H2,1H3,(H,21,24)(H,23,25). The Morgan fingerprint density at radius 2 is 2.15 bits per heavy atom. The van der Waals surface area contributed by atoms with Crippen molar-refractivity contribution < 1.29 is 9.13 Å². The van der Waals surface area contributed by atoms with Crippen LogP contribution < -0.4 is 16.0 Å². The number of nitrogen functional groups attached to an aromatic ring is 1.